The minimum atomic E-state index is 0.625. The molecule has 0 amide bonds. The van der Waals surface area contributed by atoms with Crippen molar-refractivity contribution in [1.29, 1.82) is 0 Å². The van der Waals surface area contributed by atoms with Crippen LogP contribution in [0, 0.1) is 0 Å². The summed E-state index contributed by atoms with van der Waals surface area (Å²) < 4.78 is 0. The number of rotatable bonds is 11. The van der Waals surface area contributed by atoms with E-state index in [1.807, 2.05) is 0 Å². The van der Waals surface area contributed by atoms with Crippen LogP contribution in [0.5, 0.6) is 5.75 Å². The van der Waals surface area contributed by atoms with Crippen LogP contribution >= 0.6 is 0 Å². The quantitative estimate of drug-likeness (QED) is 0.459. The number of phenolic OH excluding ortho intramolecular Hbond substituents is 1. The molecule has 1 nitrogen and oxygen atoms in total. The number of phenols is 1. The van der Waals surface area contributed by atoms with E-state index in [-0.39, 0.29) is 0 Å². The highest BCUT2D eigenvalue weighted by Crippen LogP contribution is 2.36. The second-order valence-corrected chi connectivity index (χ2v) is 6.72. The number of hydrogen-bond acceptors (Lipinski definition) is 1. The summed E-state index contributed by atoms with van der Waals surface area (Å²) in [5, 5.41) is 10.9. The highest BCUT2D eigenvalue weighted by Gasteiger charge is 2.20. The molecule has 23 heavy (non-hydrogen) atoms. The van der Waals surface area contributed by atoms with Crippen LogP contribution in [-0.2, 0) is 32.1 Å². The second-order valence-electron chi connectivity index (χ2n) is 6.72. The minimum absolute atomic E-state index is 0.625. The summed E-state index contributed by atoms with van der Waals surface area (Å²) in [6.45, 7) is 11.2. The molecule has 1 aromatic carbocycles. The monoisotopic (exact) mass is 318 g/mol. The van der Waals surface area contributed by atoms with Crippen molar-refractivity contribution in [2.45, 2.75) is 105 Å². The molecule has 0 fully saturated rings. The second kappa shape index (κ2) is 10.7. The summed E-state index contributed by atoms with van der Waals surface area (Å²) in [4.78, 5) is 0. The molecule has 1 aromatic rings. The largest absolute Gasteiger partial charge is 0.507 e. The lowest BCUT2D eigenvalue weighted by Gasteiger charge is -2.23. The predicted octanol–water partition coefficient (Wildman–Crippen LogP) is 6.54. The van der Waals surface area contributed by atoms with Crippen LogP contribution in [0.15, 0.2) is 0 Å². The average molecular weight is 319 g/mol. The number of aromatic hydroxyl groups is 1. The summed E-state index contributed by atoms with van der Waals surface area (Å²) in [5.41, 5.74) is 6.91. The SMILES string of the molecule is CCCCCCCc1c(O)c(CC)c(CC)c(CC)c1CCC. The standard InChI is InChI=1S/C22H38O/c1-6-11-12-13-14-16-21-20(15-7-2)18(9-4)17(8-3)19(10-5)22(21)23/h23H,6-16H2,1-5H3. The normalized spacial score (nSPS) is 11.2. The van der Waals surface area contributed by atoms with Crippen molar-refractivity contribution in [3.63, 3.8) is 0 Å². The maximum atomic E-state index is 10.9. The van der Waals surface area contributed by atoms with E-state index in [0.717, 1.165) is 38.5 Å². The lowest BCUT2D eigenvalue weighted by atomic mass is 9.83. The van der Waals surface area contributed by atoms with Gasteiger partial charge in [-0.25, -0.2) is 0 Å². The summed E-state index contributed by atoms with van der Waals surface area (Å²) in [7, 11) is 0. The first-order valence-corrected chi connectivity index (χ1v) is 10.0. The molecule has 0 aromatic heterocycles. The van der Waals surface area contributed by atoms with E-state index in [4.69, 9.17) is 0 Å². The maximum absolute atomic E-state index is 10.9. The third-order valence-electron chi connectivity index (χ3n) is 5.12. The van der Waals surface area contributed by atoms with Gasteiger partial charge in [-0.3, -0.25) is 0 Å². The smallest absolute Gasteiger partial charge is 0.122 e. The first-order valence-electron chi connectivity index (χ1n) is 10.0. The number of unbranched alkanes of at least 4 members (excludes halogenated alkanes) is 4. The van der Waals surface area contributed by atoms with Crippen molar-refractivity contribution < 1.29 is 5.11 Å². The molecule has 1 rings (SSSR count). The van der Waals surface area contributed by atoms with E-state index < -0.39 is 0 Å². The van der Waals surface area contributed by atoms with E-state index in [1.165, 1.54) is 59.9 Å². The Hall–Kier alpha value is -0.980. The molecule has 1 heteroatoms. The van der Waals surface area contributed by atoms with E-state index >= 15 is 0 Å². The fraction of sp³-hybridized carbons (Fsp3) is 0.727. The van der Waals surface area contributed by atoms with Crippen LogP contribution in [-0.4, -0.2) is 5.11 Å². The summed E-state index contributed by atoms with van der Waals surface area (Å²) in [5.74, 6) is 0.625. The Kier molecular flexibility index (Phi) is 9.36. The van der Waals surface area contributed by atoms with Gasteiger partial charge in [0, 0.05) is 0 Å². The van der Waals surface area contributed by atoms with Crippen molar-refractivity contribution in [1.82, 2.24) is 0 Å². The van der Waals surface area contributed by atoms with E-state index in [9.17, 15) is 5.11 Å². The van der Waals surface area contributed by atoms with Gasteiger partial charge in [0.15, 0.2) is 0 Å². The summed E-state index contributed by atoms with van der Waals surface area (Å²) >= 11 is 0. The van der Waals surface area contributed by atoms with Crippen LogP contribution in [0.1, 0.15) is 101 Å². The van der Waals surface area contributed by atoms with Crippen molar-refractivity contribution in [3.8, 4) is 5.75 Å². The Morgan fingerprint density at radius 3 is 1.61 bits per heavy atom. The van der Waals surface area contributed by atoms with Gasteiger partial charge in [0.25, 0.3) is 0 Å². The van der Waals surface area contributed by atoms with Crippen LogP contribution < -0.4 is 0 Å². The van der Waals surface area contributed by atoms with Crippen LogP contribution in [0.2, 0.25) is 0 Å². The fourth-order valence-corrected chi connectivity index (χ4v) is 3.98. The van der Waals surface area contributed by atoms with Gasteiger partial charge in [-0.05, 0) is 66.3 Å². The molecule has 0 spiro atoms. The molecule has 0 unspecified atom stereocenters. The molecule has 0 saturated carbocycles. The Morgan fingerprint density at radius 1 is 0.522 bits per heavy atom. The zero-order valence-corrected chi connectivity index (χ0v) is 16.2. The molecule has 0 aliphatic carbocycles. The Morgan fingerprint density at radius 2 is 1.09 bits per heavy atom. The molecule has 0 aliphatic heterocycles. The third-order valence-corrected chi connectivity index (χ3v) is 5.12. The van der Waals surface area contributed by atoms with Gasteiger partial charge in [0.05, 0.1) is 0 Å². The van der Waals surface area contributed by atoms with Gasteiger partial charge in [-0.2, -0.15) is 0 Å². The molecule has 0 bridgehead atoms. The van der Waals surface area contributed by atoms with Gasteiger partial charge < -0.3 is 5.11 Å². The van der Waals surface area contributed by atoms with Crippen molar-refractivity contribution in [3.05, 3.63) is 27.8 Å². The highest BCUT2D eigenvalue weighted by atomic mass is 16.3. The average Bonchev–Trinajstić information content (AvgIpc) is 2.56. The first-order chi connectivity index (χ1) is 11.2. The zero-order chi connectivity index (χ0) is 17.2. The predicted molar refractivity (Wildman–Crippen MR) is 103 cm³/mol. The van der Waals surface area contributed by atoms with Gasteiger partial charge in [-0.1, -0.05) is 66.7 Å². The van der Waals surface area contributed by atoms with E-state index in [1.54, 1.807) is 0 Å². The first kappa shape index (κ1) is 20.1. The number of hydrogen-bond donors (Lipinski definition) is 1. The molecule has 132 valence electrons. The summed E-state index contributed by atoms with van der Waals surface area (Å²) in [6, 6.07) is 0. The highest BCUT2D eigenvalue weighted by molar-refractivity contribution is 5.55. The molecule has 0 atom stereocenters. The van der Waals surface area contributed by atoms with Crippen molar-refractivity contribution in [2.24, 2.45) is 0 Å². The zero-order valence-electron chi connectivity index (χ0n) is 16.2. The maximum Gasteiger partial charge on any atom is 0.122 e. The molecular weight excluding hydrogens is 280 g/mol. The van der Waals surface area contributed by atoms with Crippen LogP contribution in [0.4, 0.5) is 0 Å². The Labute approximate surface area is 144 Å². The lowest BCUT2D eigenvalue weighted by Crippen LogP contribution is -2.09. The molecule has 1 N–H and O–H groups in total. The van der Waals surface area contributed by atoms with Crippen LogP contribution in [0.25, 0.3) is 0 Å². The lowest BCUT2D eigenvalue weighted by molar-refractivity contribution is 0.456. The van der Waals surface area contributed by atoms with Gasteiger partial charge in [0.1, 0.15) is 5.75 Å². The van der Waals surface area contributed by atoms with E-state index in [2.05, 4.69) is 34.6 Å². The van der Waals surface area contributed by atoms with Crippen molar-refractivity contribution in [2.75, 3.05) is 0 Å². The third kappa shape index (κ3) is 4.99. The van der Waals surface area contributed by atoms with Gasteiger partial charge >= 0.3 is 0 Å². The molecule has 0 saturated heterocycles. The van der Waals surface area contributed by atoms with Gasteiger partial charge in [0.2, 0.25) is 0 Å². The van der Waals surface area contributed by atoms with Crippen LogP contribution in [0.3, 0.4) is 0 Å². The van der Waals surface area contributed by atoms with Gasteiger partial charge in [-0.15, -0.1) is 0 Å². The Balaban J connectivity index is 3.19. The molecule has 0 heterocycles. The molecule has 0 radical (unpaired) electrons. The molecule has 0 aliphatic rings. The minimum Gasteiger partial charge on any atom is -0.507 e. The molecular formula is C22H38O. The topological polar surface area (TPSA) is 20.2 Å². The van der Waals surface area contributed by atoms with E-state index in [0.29, 0.717) is 5.75 Å². The number of benzene rings is 1. The van der Waals surface area contributed by atoms with Crippen molar-refractivity contribution >= 4 is 0 Å². The fourth-order valence-electron chi connectivity index (χ4n) is 3.98. The Bertz CT molecular complexity index is 474. The summed E-state index contributed by atoms with van der Waals surface area (Å²) in [6.07, 6.45) is 12.8.